The lowest BCUT2D eigenvalue weighted by molar-refractivity contribution is -0.142. The molecule has 100 valence electrons. The van der Waals surface area contributed by atoms with Crippen LogP contribution in [0.25, 0.3) is 0 Å². The molecule has 1 aliphatic heterocycles. The number of rotatable bonds is 4. The van der Waals surface area contributed by atoms with Crippen molar-refractivity contribution in [2.75, 3.05) is 31.7 Å². The van der Waals surface area contributed by atoms with Crippen molar-refractivity contribution in [2.24, 2.45) is 0 Å². The fourth-order valence-corrected chi connectivity index (χ4v) is 2.45. The molecule has 1 fully saturated rings. The van der Waals surface area contributed by atoms with Gasteiger partial charge in [0.1, 0.15) is 0 Å². The van der Waals surface area contributed by atoms with Crippen LogP contribution < -0.4 is 9.64 Å². The van der Waals surface area contributed by atoms with Gasteiger partial charge in [-0.1, -0.05) is 12.8 Å². The van der Waals surface area contributed by atoms with E-state index in [1.54, 1.807) is 0 Å². The van der Waals surface area contributed by atoms with Crippen LogP contribution in [0.4, 0.5) is 5.82 Å². The van der Waals surface area contributed by atoms with Crippen molar-refractivity contribution < 1.29 is 14.3 Å². The van der Waals surface area contributed by atoms with Crippen LogP contribution in [-0.2, 0) is 9.53 Å². The number of methoxy groups -OCH3 is 1. The highest BCUT2D eigenvalue weighted by molar-refractivity contribution is 6.99. The first-order valence-corrected chi connectivity index (χ1v) is 6.81. The van der Waals surface area contributed by atoms with Gasteiger partial charge in [-0.2, -0.15) is 4.37 Å². The van der Waals surface area contributed by atoms with E-state index in [4.69, 9.17) is 4.74 Å². The van der Waals surface area contributed by atoms with E-state index in [2.05, 4.69) is 18.4 Å². The average Bonchev–Trinajstić information content (AvgIpc) is 2.69. The van der Waals surface area contributed by atoms with E-state index in [0.717, 1.165) is 43.5 Å². The maximum Gasteiger partial charge on any atom is 0.343 e. The fraction of sp³-hybridized carbons (Fsp3) is 0.727. The van der Waals surface area contributed by atoms with Crippen LogP contribution in [0.5, 0.6) is 5.88 Å². The Labute approximate surface area is 110 Å². The third-order valence-electron chi connectivity index (χ3n) is 2.90. The number of hydrogen-bond acceptors (Lipinski definition) is 7. The first-order valence-electron chi connectivity index (χ1n) is 6.08. The Balaban J connectivity index is 1.99. The van der Waals surface area contributed by atoms with Crippen molar-refractivity contribution in [1.29, 1.82) is 0 Å². The van der Waals surface area contributed by atoms with E-state index in [-0.39, 0.29) is 6.61 Å². The lowest BCUT2D eigenvalue weighted by Gasteiger charge is -2.19. The molecule has 0 bridgehead atoms. The predicted molar refractivity (Wildman–Crippen MR) is 68.1 cm³/mol. The van der Waals surface area contributed by atoms with E-state index in [0.29, 0.717) is 5.88 Å². The van der Waals surface area contributed by atoms with Crippen LogP contribution in [0, 0.1) is 0 Å². The molecule has 0 aromatic carbocycles. The Morgan fingerprint density at radius 1 is 1.28 bits per heavy atom. The minimum atomic E-state index is -0.412. The van der Waals surface area contributed by atoms with Crippen molar-refractivity contribution in [3.63, 3.8) is 0 Å². The molecule has 1 aliphatic rings. The molecule has 18 heavy (non-hydrogen) atoms. The highest BCUT2D eigenvalue weighted by Crippen LogP contribution is 2.27. The number of aromatic nitrogens is 2. The summed E-state index contributed by atoms with van der Waals surface area (Å²) in [6.45, 7) is 1.82. The molecule has 6 nitrogen and oxygen atoms in total. The van der Waals surface area contributed by atoms with E-state index >= 15 is 0 Å². The Morgan fingerprint density at radius 2 is 2.00 bits per heavy atom. The Morgan fingerprint density at radius 3 is 2.67 bits per heavy atom. The predicted octanol–water partition coefficient (Wildman–Crippen LogP) is 1.47. The fourth-order valence-electron chi connectivity index (χ4n) is 1.93. The molecule has 0 atom stereocenters. The highest BCUT2D eigenvalue weighted by atomic mass is 32.1. The molecule has 0 N–H and O–H groups in total. The number of hydrogen-bond donors (Lipinski definition) is 0. The van der Waals surface area contributed by atoms with Gasteiger partial charge >= 0.3 is 5.97 Å². The summed E-state index contributed by atoms with van der Waals surface area (Å²) in [5.74, 6) is 0.780. The normalized spacial score (nSPS) is 16.2. The number of nitrogens with zero attached hydrogens (tertiary/aromatic N) is 3. The van der Waals surface area contributed by atoms with E-state index < -0.39 is 5.97 Å². The standard InChI is InChI=1S/C11H17N3O3S/c1-16-9(15)8-17-11-10(12-18-13-11)14-6-4-2-3-5-7-14/h2-8H2,1H3. The summed E-state index contributed by atoms with van der Waals surface area (Å²) in [4.78, 5) is 13.2. The monoisotopic (exact) mass is 271 g/mol. The van der Waals surface area contributed by atoms with Gasteiger partial charge in [-0.3, -0.25) is 0 Å². The number of esters is 1. The second kappa shape index (κ2) is 6.53. The SMILES string of the molecule is COC(=O)COc1nsnc1N1CCCCCC1. The Hall–Kier alpha value is -1.37. The van der Waals surface area contributed by atoms with Crippen LogP contribution in [0.3, 0.4) is 0 Å². The summed E-state index contributed by atoms with van der Waals surface area (Å²) in [6, 6.07) is 0. The molecule has 1 aromatic rings. The summed E-state index contributed by atoms with van der Waals surface area (Å²) in [5.41, 5.74) is 0. The maximum atomic E-state index is 11.0. The minimum Gasteiger partial charge on any atom is -0.466 e. The Bertz CT molecular complexity index is 389. The van der Waals surface area contributed by atoms with Crippen molar-refractivity contribution in [3.05, 3.63) is 0 Å². The summed E-state index contributed by atoms with van der Waals surface area (Å²) < 4.78 is 18.2. The molecule has 0 spiro atoms. The van der Waals surface area contributed by atoms with Crippen LogP contribution in [0.15, 0.2) is 0 Å². The number of carbonyl (C=O) groups is 1. The second-order valence-corrected chi connectivity index (χ2v) is 4.69. The van der Waals surface area contributed by atoms with Crippen LogP contribution in [0.2, 0.25) is 0 Å². The molecule has 1 saturated heterocycles. The van der Waals surface area contributed by atoms with Gasteiger partial charge in [-0.15, -0.1) is 4.37 Å². The number of ether oxygens (including phenoxy) is 2. The molecule has 0 radical (unpaired) electrons. The van der Waals surface area contributed by atoms with E-state index in [1.165, 1.54) is 20.0 Å². The van der Waals surface area contributed by atoms with Gasteiger partial charge in [0, 0.05) is 13.1 Å². The molecular formula is C11H17N3O3S. The molecule has 2 heterocycles. The van der Waals surface area contributed by atoms with Gasteiger partial charge < -0.3 is 14.4 Å². The zero-order valence-electron chi connectivity index (χ0n) is 10.4. The van der Waals surface area contributed by atoms with Gasteiger partial charge in [0.05, 0.1) is 18.8 Å². The molecule has 1 aromatic heterocycles. The van der Waals surface area contributed by atoms with Gasteiger partial charge in [-0.25, -0.2) is 4.79 Å². The van der Waals surface area contributed by atoms with Gasteiger partial charge in [0.15, 0.2) is 6.61 Å². The first kappa shape index (κ1) is 13.1. The molecule has 0 unspecified atom stereocenters. The summed E-state index contributed by atoms with van der Waals surface area (Å²) in [5, 5.41) is 0. The highest BCUT2D eigenvalue weighted by Gasteiger charge is 2.19. The third kappa shape index (κ3) is 3.32. The number of anilines is 1. The van der Waals surface area contributed by atoms with Crippen molar-refractivity contribution in [2.45, 2.75) is 25.7 Å². The maximum absolute atomic E-state index is 11.0. The zero-order chi connectivity index (χ0) is 12.8. The first-order chi connectivity index (χ1) is 8.81. The van der Waals surface area contributed by atoms with Crippen molar-refractivity contribution in [3.8, 4) is 5.88 Å². The molecule has 0 aliphatic carbocycles. The molecule has 0 saturated carbocycles. The van der Waals surface area contributed by atoms with Gasteiger partial charge in [-0.05, 0) is 12.8 Å². The lowest BCUT2D eigenvalue weighted by Crippen LogP contribution is -2.25. The molecular weight excluding hydrogens is 254 g/mol. The lowest BCUT2D eigenvalue weighted by atomic mass is 10.2. The zero-order valence-corrected chi connectivity index (χ0v) is 11.2. The summed E-state index contributed by atoms with van der Waals surface area (Å²) >= 11 is 1.11. The van der Waals surface area contributed by atoms with E-state index in [1.807, 2.05) is 0 Å². The minimum absolute atomic E-state index is 0.122. The van der Waals surface area contributed by atoms with E-state index in [9.17, 15) is 4.79 Å². The molecule has 2 rings (SSSR count). The second-order valence-electron chi connectivity index (χ2n) is 4.16. The van der Waals surface area contributed by atoms with Crippen molar-refractivity contribution >= 4 is 23.5 Å². The number of carbonyl (C=O) groups excluding carboxylic acids is 1. The topological polar surface area (TPSA) is 64.5 Å². The largest absolute Gasteiger partial charge is 0.466 e. The summed E-state index contributed by atoms with van der Waals surface area (Å²) in [7, 11) is 1.33. The van der Waals surface area contributed by atoms with Crippen LogP contribution >= 0.6 is 11.7 Å². The van der Waals surface area contributed by atoms with Crippen LogP contribution in [-0.4, -0.2) is 41.5 Å². The third-order valence-corrected chi connectivity index (χ3v) is 3.40. The van der Waals surface area contributed by atoms with Gasteiger partial charge in [0.2, 0.25) is 5.82 Å². The quantitative estimate of drug-likeness (QED) is 0.773. The molecule has 7 heteroatoms. The van der Waals surface area contributed by atoms with Crippen LogP contribution in [0.1, 0.15) is 25.7 Å². The Kier molecular flexibility index (Phi) is 4.74. The van der Waals surface area contributed by atoms with Gasteiger partial charge in [0.25, 0.3) is 5.88 Å². The smallest absolute Gasteiger partial charge is 0.343 e. The summed E-state index contributed by atoms with van der Waals surface area (Å²) in [6.07, 6.45) is 4.83. The van der Waals surface area contributed by atoms with Crippen molar-refractivity contribution in [1.82, 2.24) is 8.75 Å². The molecule has 0 amide bonds. The average molecular weight is 271 g/mol.